The number of aromatic nitrogens is 1. The van der Waals surface area contributed by atoms with E-state index in [0.29, 0.717) is 18.0 Å². The molecule has 100 valence electrons. The molecule has 0 bridgehead atoms. The van der Waals surface area contributed by atoms with Crippen LogP contribution in [0, 0.1) is 13.8 Å². The molecule has 1 aliphatic carbocycles. The van der Waals surface area contributed by atoms with Crippen LogP contribution in [0.2, 0.25) is 0 Å². The largest absolute Gasteiger partial charge is 0.305 e. The van der Waals surface area contributed by atoms with Gasteiger partial charge in [0.2, 0.25) is 0 Å². The van der Waals surface area contributed by atoms with Crippen molar-refractivity contribution >= 4 is 11.3 Å². The van der Waals surface area contributed by atoms with E-state index in [-0.39, 0.29) is 0 Å². The highest BCUT2D eigenvalue weighted by atomic mass is 32.1. The van der Waals surface area contributed by atoms with Crippen molar-refractivity contribution in [1.82, 2.24) is 10.3 Å². The molecular weight excluding hydrogens is 252 g/mol. The monoisotopic (exact) mass is 272 g/mol. The molecule has 1 aromatic carbocycles. The van der Waals surface area contributed by atoms with Crippen molar-refractivity contribution < 1.29 is 0 Å². The average Bonchev–Trinajstić information content (AvgIpc) is 3.07. The zero-order valence-corrected chi connectivity index (χ0v) is 12.5. The molecule has 1 aromatic heterocycles. The second-order valence-electron chi connectivity index (χ2n) is 5.42. The highest BCUT2D eigenvalue weighted by molar-refractivity contribution is 7.11. The summed E-state index contributed by atoms with van der Waals surface area (Å²) >= 11 is 1.79. The molecule has 3 unspecified atom stereocenters. The van der Waals surface area contributed by atoms with Crippen LogP contribution in [-0.2, 0) is 0 Å². The lowest BCUT2D eigenvalue weighted by Gasteiger charge is -2.12. The summed E-state index contributed by atoms with van der Waals surface area (Å²) in [6.45, 7) is 6.47. The van der Waals surface area contributed by atoms with Crippen LogP contribution in [0.15, 0.2) is 30.3 Å². The molecule has 3 atom stereocenters. The van der Waals surface area contributed by atoms with Gasteiger partial charge in [-0.3, -0.25) is 0 Å². The molecule has 1 fully saturated rings. The fourth-order valence-electron chi connectivity index (χ4n) is 2.79. The minimum absolute atomic E-state index is 0.351. The molecule has 2 nitrogen and oxygen atoms in total. The molecular formula is C16H20N2S. The molecule has 1 saturated carbocycles. The van der Waals surface area contributed by atoms with Crippen LogP contribution in [0.4, 0.5) is 0 Å². The standard InChI is InChI=1S/C16H20N2S/c1-10(16-11(2)19-12(3)18-16)17-15-9-14(15)13-7-5-4-6-8-13/h4-8,10,14-15,17H,9H2,1-3H3. The third-order valence-corrected chi connectivity index (χ3v) is 4.73. The predicted molar refractivity (Wildman–Crippen MR) is 80.7 cm³/mol. The average molecular weight is 272 g/mol. The summed E-state index contributed by atoms with van der Waals surface area (Å²) in [5, 5.41) is 4.88. The Morgan fingerprint density at radius 1 is 1.26 bits per heavy atom. The molecule has 0 amide bonds. The van der Waals surface area contributed by atoms with E-state index in [0.717, 1.165) is 5.01 Å². The zero-order chi connectivity index (χ0) is 13.4. The normalized spacial score (nSPS) is 23.3. The van der Waals surface area contributed by atoms with E-state index in [4.69, 9.17) is 0 Å². The highest BCUT2D eigenvalue weighted by Gasteiger charge is 2.39. The van der Waals surface area contributed by atoms with Crippen LogP contribution in [-0.4, -0.2) is 11.0 Å². The van der Waals surface area contributed by atoms with E-state index in [1.165, 1.54) is 22.6 Å². The number of nitrogens with zero attached hydrogens (tertiary/aromatic N) is 1. The van der Waals surface area contributed by atoms with Gasteiger partial charge in [-0.2, -0.15) is 0 Å². The van der Waals surface area contributed by atoms with Crippen LogP contribution in [0.5, 0.6) is 0 Å². The molecule has 0 radical (unpaired) electrons. The van der Waals surface area contributed by atoms with Crippen LogP contribution >= 0.6 is 11.3 Å². The number of aryl methyl sites for hydroxylation is 2. The second-order valence-corrected chi connectivity index (χ2v) is 6.83. The molecule has 2 aromatic rings. The van der Waals surface area contributed by atoms with Gasteiger partial charge in [-0.05, 0) is 32.8 Å². The first-order valence-corrected chi connectivity index (χ1v) is 7.71. The summed E-state index contributed by atoms with van der Waals surface area (Å²) < 4.78 is 0. The lowest BCUT2D eigenvalue weighted by Crippen LogP contribution is -2.23. The van der Waals surface area contributed by atoms with Gasteiger partial charge in [0.25, 0.3) is 0 Å². The molecule has 1 N–H and O–H groups in total. The maximum Gasteiger partial charge on any atom is 0.0900 e. The summed E-state index contributed by atoms with van der Waals surface area (Å²) in [5.41, 5.74) is 2.68. The second kappa shape index (κ2) is 5.06. The van der Waals surface area contributed by atoms with E-state index in [2.05, 4.69) is 61.4 Å². The van der Waals surface area contributed by atoms with Crippen molar-refractivity contribution in [2.45, 2.75) is 45.2 Å². The van der Waals surface area contributed by atoms with Crippen LogP contribution in [0.3, 0.4) is 0 Å². The lowest BCUT2D eigenvalue weighted by molar-refractivity contribution is 0.550. The smallest absolute Gasteiger partial charge is 0.0900 e. The van der Waals surface area contributed by atoms with Crippen molar-refractivity contribution in [2.24, 2.45) is 0 Å². The SMILES string of the molecule is Cc1nc(C(C)NC2CC2c2ccccc2)c(C)s1. The zero-order valence-electron chi connectivity index (χ0n) is 11.7. The Morgan fingerprint density at radius 2 is 2.00 bits per heavy atom. The summed E-state index contributed by atoms with van der Waals surface area (Å²) in [5.74, 6) is 0.684. The fourth-order valence-corrected chi connectivity index (χ4v) is 3.71. The topological polar surface area (TPSA) is 24.9 Å². The van der Waals surface area contributed by atoms with E-state index in [1.54, 1.807) is 11.3 Å². The van der Waals surface area contributed by atoms with Crippen molar-refractivity contribution in [3.05, 3.63) is 51.5 Å². The van der Waals surface area contributed by atoms with E-state index < -0.39 is 0 Å². The van der Waals surface area contributed by atoms with Gasteiger partial charge in [-0.15, -0.1) is 11.3 Å². The highest BCUT2D eigenvalue weighted by Crippen LogP contribution is 2.42. The van der Waals surface area contributed by atoms with Gasteiger partial charge in [0, 0.05) is 22.9 Å². The Balaban J connectivity index is 1.63. The van der Waals surface area contributed by atoms with Crippen molar-refractivity contribution in [1.29, 1.82) is 0 Å². The molecule has 1 aliphatic rings. The third kappa shape index (κ3) is 2.72. The number of hydrogen-bond acceptors (Lipinski definition) is 3. The summed E-state index contributed by atoms with van der Waals surface area (Å²) in [6.07, 6.45) is 1.25. The summed E-state index contributed by atoms with van der Waals surface area (Å²) in [4.78, 5) is 5.99. The van der Waals surface area contributed by atoms with Gasteiger partial charge in [-0.1, -0.05) is 30.3 Å². The molecule has 19 heavy (non-hydrogen) atoms. The maximum atomic E-state index is 4.64. The Labute approximate surface area is 118 Å². The quantitative estimate of drug-likeness (QED) is 0.911. The summed E-state index contributed by atoms with van der Waals surface area (Å²) in [7, 11) is 0. The van der Waals surface area contributed by atoms with E-state index in [1.807, 2.05) is 0 Å². The summed E-state index contributed by atoms with van der Waals surface area (Å²) in [6, 6.07) is 11.8. The van der Waals surface area contributed by atoms with Gasteiger partial charge in [0.05, 0.1) is 10.7 Å². The first kappa shape index (κ1) is 12.8. The Bertz CT molecular complexity index is 561. The molecule has 0 saturated heterocycles. The molecule has 1 heterocycles. The van der Waals surface area contributed by atoms with Crippen LogP contribution in [0.25, 0.3) is 0 Å². The third-order valence-electron chi connectivity index (χ3n) is 3.83. The van der Waals surface area contributed by atoms with E-state index in [9.17, 15) is 0 Å². The number of thiazole rings is 1. The molecule has 0 aliphatic heterocycles. The van der Waals surface area contributed by atoms with Crippen molar-refractivity contribution in [3.8, 4) is 0 Å². The van der Waals surface area contributed by atoms with Crippen molar-refractivity contribution in [3.63, 3.8) is 0 Å². The minimum atomic E-state index is 0.351. The first-order chi connectivity index (χ1) is 9.15. The minimum Gasteiger partial charge on any atom is -0.305 e. The van der Waals surface area contributed by atoms with Gasteiger partial charge in [-0.25, -0.2) is 4.98 Å². The lowest BCUT2D eigenvalue weighted by atomic mass is 10.1. The van der Waals surface area contributed by atoms with Gasteiger partial charge >= 0.3 is 0 Å². The number of rotatable bonds is 4. The predicted octanol–water partition coefficient (Wildman–Crippen LogP) is 3.97. The number of benzene rings is 1. The number of hydrogen-bond donors (Lipinski definition) is 1. The Hall–Kier alpha value is -1.19. The van der Waals surface area contributed by atoms with Crippen LogP contribution < -0.4 is 5.32 Å². The van der Waals surface area contributed by atoms with Crippen LogP contribution in [0.1, 0.15) is 46.4 Å². The fraction of sp³-hybridized carbons (Fsp3) is 0.438. The van der Waals surface area contributed by atoms with Gasteiger partial charge in [0.1, 0.15) is 0 Å². The Kier molecular flexibility index (Phi) is 3.42. The van der Waals surface area contributed by atoms with Gasteiger partial charge < -0.3 is 5.32 Å². The maximum absolute atomic E-state index is 4.64. The Morgan fingerprint density at radius 3 is 2.63 bits per heavy atom. The molecule has 3 heteroatoms. The van der Waals surface area contributed by atoms with Crippen molar-refractivity contribution in [2.75, 3.05) is 0 Å². The van der Waals surface area contributed by atoms with Gasteiger partial charge in [0.15, 0.2) is 0 Å². The first-order valence-electron chi connectivity index (χ1n) is 6.90. The molecule has 0 spiro atoms. The van der Waals surface area contributed by atoms with E-state index >= 15 is 0 Å². The number of nitrogens with one attached hydrogen (secondary N) is 1. The molecule has 3 rings (SSSR count).